The first-order chi connectivity index (χ1) is 17.5. The predicted octanol–water partition coefficient (Wildman–Crippen LogP) is 6.48. The number of carbonyl (C=O) groups excluding carboxylic acids is 2. The Balaban J connectivity index is 1.45. The molecule has 0 radical (unpaired) electrons. The van der Waals surface area contributed by atoms with Crippen LogP contribution in [0.2, 0.25) is 5.02 Å². The second kappa shape index (κ2) is 10.8. The fourth-order valence-electron chi connectivity index (χ4n) is 5.60. The summed E-state index contributed by atoms with van der Waals surface area (Å²) in [7, 11) is 0. The van der Waals surface area contributed by atoms with E-state index in [1.807, 2.05) is 66.4 Å². The second-order valence-electron chi connectivity index (χ2n) is 9.77. The Morgan fingerprint density at radius 3 is 2.39 bits per heavy atom. The van der Waals surface area contributed by atoms with Gasteiger partial charge in [-0.2, -0.15) is 0 Å². The lowest BCUT2D eigenvalue weighted by molar-refractivity contribution is -0.123. The minimum Gasteiger partial charge on any atom is -0.371 e. The fraction of sp³-hybridized carbons (Fsp3) is 0.333. The molecular weight excluding hydrogens is 470 g/mol. The number of hydrogen-bond acceptors (Lipinski definition) is 3. The molecule has 3 aromatic carbocycles. The lowest BCUT2D eigenvalue weighted by Gasteiger charge is -2.41. The van der Waals surface area contributed by atoms with Crippen LogP contribution in [0.15, 0.2) is 72.8 Å². The van der Waals surface area contributed by atoms with Crippen molar-refractivity contribution in [2.45, 2.75) is 38.6 Å². The van der Waals surface area contributed by atoms with Crippen molar-refractivity contribution in [2.24, 2.45) is 5.92 Å². The summed E-state index contributed by atoms with van der Waals surface area (Å²) in [5.74, 6) is -0.556. The number of hydrogen-bond donors (Lipinski definition) is 1. The zero-order chi connectivity index (χ0) is 25.1. The van der Waals surface area contributed by atoms with Gasteiger partial charge in [-0.25, -0.2) is 0 Å². The summed E-state index contributed by atoms with van der Waals surface area (Å²) in [6, 6.07) is 23.1. The monoisotopic (exact) mass is 501 g/mol. The van der Waals surface area contributed by atoms with Crippen LogP contribution in [0.5, 0.6) is 0 Å². The molecule has 2 fully saturated rings. The molecule has 0 saturated carbocycles. The van der Waals surface area contributed by atoms with E-state index in [2.05, 4.69) is 22.3 Å². The number of nitrogens with zero attached hydrogens (tertiary/aromatic N) is 2. The largest absolute Gasteiger partial charge is 0.371 e. The van der Waals surface area contributed by atoms with Crippen molar-refractivity contribution in [3.05, 3.63) is 94.5 Å². The summed E-state index contributed by atoms with van der Waals surface area (Å²) in [4.78, 5) is 31.8. The third-order valence-electron chi connectivity index (χ3n) is 7.39. The van der Waals surface area contributed by atoms with Crippen LogP contribution in [-0.4, -0.2) is 36.3 Å². The van der Waals surface area contributed by atoms with Gasteiger partial charge in [0.25, 0.3) is 5.91 Å². The molecule has 0 unspecified atom stereocenters. The smallest absolute Gasteiger partial charge is 0.256 e. The van der Waals surface area contributed by atoms with E-state index in [-0.39, 0.29) is 23.8 Å². The highest BCUT2D eigenvalue weighted by Crippen LogP contribution is 2.39. The van der Waals surface area contributed by atoms with E-state index in [1.165, 1.54) is 12.8 Å². The van der Waals surface area contributed by atoms with Crippen LogP contribution in [-0.2, 0) is 4.79 Å². The molecular formula is C30H32ClN3O2. The minimum atomic E-state index is -0.372. The van der Waals surface area contributed by atoms with Gasteiger partial charge in [0.15, 0.2) is 0 Å². The topological polar surface area (TPSA) is 52.7 Å². The van der Waals surface area contributed by atoms with Crippen LogP contribution in [0.3, 0.4) is 0 Å². The third kappa shape index (κ3) is 4.98. The van der Waals surface area contributed by atoms with Gasteiger partial charge in [0.2, 0.25) is 5.91 Å². The van der Waals surface area contributed by atoms with Gasteiger partial charge in [-0.15, -0.1) is 0 Å². The summed E-state index contributed by atoms with van der Waals surface area (Å²) in [5, 5.41) is 3.61. The van der Waals surface area contributed by atoms with Gasteiger partial charge < -0.3 is 15.1 Å². The molecule has 186 valence electrons. The Morgan fingerprint density at radius 2 is 1.64 bits per heavy atom. The van der Waals surface area contributed by atoms with Crippen LogP contribution < -0.4 is 10.2 Å². The van der Waals surface area contributed by atoms with Crippen molar-refractivity contribution in [1.29, 1.82) is 0 Å². The van der Waals surface area contributed by atoms with Gasteiger partial charge in [0.05, 0.1) is 22.5 Å². The molecule has 1 N–H and O–H groups in total. The molecule has 0 bridgehead atoms. The zero-order valence-corrected chi connectivity index (χ0v) is 21.4. The highest BCUT2D eigenvalue weighted by molar-refractivity contribution is 6.34. The predicted molar refractivity (Wildman–Crippen MR) is 146 cm³/mol. The number of rotatable bonds is 5. The molecule has 2 aliphatic heterocycles. The Bertz CT molecular complexity index is 1220. The number of halogens is 1. The maximum atomic E-state index is 13.8. The fourth-order valence-corrected chi connectivity index (χ4v) is 5.90. The average molecular weight is 502 g/mol. The number of benzene rings is 3. The van der Waals surface area contributed by atoms with Gasteiger partial charge >= 0.3 is 0 Å². The highest BCUT2D eigenvalue weighted by Gasteiger charge is 2.40. The van der Waals surface area contributed by atoms with Crippen molar-refractivity contribution in [3.8, 4) is 0 Å². The number of piperidine rings is 1. The number of aryl methyl sites for hydroxylation is 1. The van der Waals surface area contributed by atoms with Gasteiger partial charge in [-0.3, -0.25) is 9.59 Å². The zero-order valence-electron chi connectivity index (χ0n) is 20.6. The summed E-state index contributed by atoms with van der Waals surface area (Å²) >= 11 is 6.48. The Morgan fingerprint density at radius 1 is 0.889 bits per heavy atom. The number of amides is 2. The summed E-state index contributed by atoms with van der Waals surface area (Å²) in [6.45, 7) is 4.58. The van der Waals surface area contributed by atoms with E-state index in [0.29, 0.717) is 23.6 Å². The average Bonchev–Trinajstić information content (AvgIpc) is 3.44. The van der Waals surface area contributed by atoms with Crippen molar-refractivity contribution in [2.75, 3.05) is 29.9 Å². The van der Waals surface area contributed by atoms with Crippen LogP contribution in [0.1, 0.15) is 53.2 Å². The Kier molecular flexibility index (Phi) is 7.28. The molecule has 2 amide bonds. The van der Waals surface area contributed by atoms with Crippen LogP contribution in [0.4, 0.5) is 11.4 Å². The normalized spacial score (nSPS) is 19.8. The van der Waals surface area contributed by atoms with Crippen molar-refractivity contribution < 1.29 is 9.59 Å². The van der Waals surface area contributed by atoms with Gasteiger partial charge in [-0.05, 0) is 68.0 Å². The summed E-state index contributed by atoms with van der Waals surface area (Å²) in [5.41, 5.74) is 4.24. The first-order valence-corrected chi connectivity index (χ1v) is 13.2. The van der Waals surface area contributed by atoms with E-state index in [9.17, 15) is 9.59 Å². The molecule has 0 spiro atoms. The van der Waals surface area contributed by atoms with E-state index >= 15 is 0 Å². The maximum Gasteiger partial charge on any atom is 0.256 e. The quantitative estimate of drug-likeness (QED) is 0.435. The van der Waals surface area contributed by atoms with Crippen molar-refractivity contribution in [1.82, 2.24) is 4.90 Å². The van der Waals surface area contributed by atoms with E-state index in [4.69, 9.17) is 11.6 Å². The number of anilines is 2. The molecule has 2 saturated heterocycles. The molecule has 2 heterocycles. The molecule has 6 heteroatoms. The third-order valence-corrected chi connectivity index (χ3v) is 7.71. The molecule has 2 atom stereocenters. The Labute approximate surface area is 218 Å². The number of carbonyl (C=O) groups is 2. The van der Waals surface area contributed by atoms with E-state index in [0.717, 1.165) is 42.0 Å². The van der Waals surface area contributed by atoms with E-state index in [1.54, 1.807) is 6.07 Å². The first-order valence-electron chi connectivity index (χ1n) is 12.8. The van der Waals surface area contributed by atoms with E-state index < -0.39 is 0 Å². The molecule has 5 rings (SSSR count). The van der Waals surface area contributed by atoms with Crippen molar-refractivity contribution in [3.63, 3.8) is 0 Å². The molecule has 3 aromatic rings. The lowest BCUT2D eigenvalue weighted by atomic mass is 9.83. The minimum absolute atomic E-state index is 0.0594. The number of likely N-dealkylation sites (tertiary alicyclic amines) is 1. The van der Waals surface area contributed by atoms with Crippen molar-refractivity contribution >= 4 is 34.8 Å². The van der Waals surface area contributed by atoms with Crippen LogP contribution in [0.25, 0.3) is 0 Å². The van der Waals surface area contributed by atoms with Gasteiger partial charge in [-0.1, -0.05) is 60.1 Å². The maximum absolute atomic E-state index is 13.8. The van der Waals surface area contributed by atoms with Gasteiger partial charge in [0.1, 0.15) is 0 Å². The lowest BCUT2D eigenvalue weighted by Crippen LogP contribution is -2.46. The standard InChI is InChI=1S/C30H32ClN3O2/c1-21-10-7-16-26(31)27(21)30(36)34-19-9-15-25(28(34)22-11-3-2-4-12-22)29(35)32-23-13-8-14-24(20-23)33-17-5-6-18-33/h2-4,7-8,10-14,16,20,25,28H,5-6,9,15,17-19H2,1H3,(H,32,35)/t25-,28-/m0/s1. The molecule has 2 aliphatic rings. The first kappa shape index (κ1) is 24.4. The molecule has 5 nitrogen and oxygen atoms in total. The highest BCUT2D eigenvalue weighted by atomic mass is 35.5. The second-order valence-corrected chi connectivity index (χ2v) is 10.2. The Hall–Kier alpha value is -3.31. The molecule has 36 heavy (non-hydrogen) atoms. The number of nitrogens with one attached hydrogen (secondary N) is 1. The summed E-state index contributed by atoms with van der Waals surface area (Å²) in [6.07, 6.45) is 3.87. The SMILES string of the molecule is Cc1cccc(Cl)c1C(=O)N1CCC[C@H](C(=O)Nc2cccc(N3CCCC3)c2)[C@@H]1c1ccccc1. The molecule has 0 aromatic heterocycles. The molecule has 0 aliphatic carbocycles. The summed E-state index contributed by atoms with van der Waals surface area (Å²) < 4.78 is 0. The van der Waals surface area contributed by atoms with Crippen LogP contribution >= 0.6 is 11.6 Å². The van der Waals surface area contributed by atoms with Crippen LogP contribution in [0, 0.1) is 12.8 Å². The van der Waals surface area contributed by atoms with Gasteiger partial charge in [0, 0.05) is 31.0 Å².